The zero-order valence-corrected chi connectivity index (χ0v) is 10.5. The number of rotatable bonds is 1. The van der Waals surface area contributed by atoms with Gasteiger partial charge in [0.25, 0.3) is 11.8 Å². The highest BCUT2D eigenvalue weighted by molar-refractivity contribution is 6.34. The zero-order valence-electron chi connectivity index (χ0n) is 10.5. The molecule has 4 heteroatoms. The maximum atomic E-state index is 12.4. The van der Waals surface area contributed by atoms with Gasteiger partial charge < -0.3 is 4.98 Å². The number of fused-ring (bicyclic) bond motifs is 2. The predicted octanol–water partition coefficient (Wildman–Crippen LogP) is 2.97. The Morgan fingerprint density at radius 2 is 1.55 bits per heavy atom. The van der Waals surface area contributed by atoms with E-state index in [1.807, 2.05) is 24.4 Å². The van der Waals surface area contributed by atoms with E-state index in [2.05, 4.69) is 4.98 Å². The number of H-pyrrole nitrogens is 1. The molecule has 0 unspecified atom stereocenters. The van der Waals surface area contributed by atoms with Gasteiger partial charge in [0.1, 0.15) is 0 Å². The second kappa shape index (κ2) is 3.81. The molecule has 4 nitrogen and oxygen atoms in total. The van der Waals surface area contributed by atoms with Gasteiger partial charge in [-0.1, -0.05) is 12.1 Å². The molecule has 0 spiro atoms. The first-order chi connectivity index (χ1) is 9.75. The van der Waals surface area contributed by atoms with Crippen LogP contribution in [0.15, 0.2) is 54.7 Å². The minimum absolute atomic E-state index is 0.263. The summed E-state index contributed by atoms with van der Waals surface area (Å²) in [4.78, 5) is 29.1. The molecule has 0 saturated carbocycles. The molecular formula is C16H10N2O2. The molecule has 0 bridgehead atoms. The van der Waals surface area contributed by atoms with E-state index in [0.717, 1.165) is 10.9 Å². The summed E-state index contributed by atoms with van der Waals surface area (Å²) < 4.78 is 0. The molecule has 0 saturated heterocycles. The van der Waals surface area contributed by atoms with Crippen molar-refractivity contribution in [3.05, 3.63) is 65.9 Å². The number of aromatic nitrogens is 1. The van der Waals surface area contributed by atoms with Crippen LogP contribution in [-0.4, -0.2) is 16.8 Å². The molecule has 2 aromatic carbocycles. The van der Waals surface area contributed by atoms with Crippen molar-refractivity contribution in [1.29, 1.82) is 0 Å². The highest BCUT2D eigenvalue weighted by Gasteiger charge is 2.36. The van der Waals surface area contributed by atoms with E-state index in [-0.39, 0.29) is 11.8 Å². The van der Waals surface area contributed by atoms with Gasteiger partial charge in [0.05, 0.1) is 16.8 Å². The van der Waals surface area contributed by atoms with Gasteiger partial charge in [-0.05, 0) is 36.4 Å². The first kappa shape index (κ1) is 11.0. The van der Waals surface area contributed by atoms with Crippen molar-refractivity contribution in [3.8, 4) is 0 Å². The number of nitrogens with zero attached hydrogens (tertiary/aromatic N) is 1. The monoisotopic (exact) mass is 262 g/mol. The van der Waals surface area contributed by atoms with E-state index in [1.165, 1.54) is 4.90 Å². The van der Waals surface area contributed by atoms with E-state index in [0.29, 0.717) is 16.8 Å². The molecule has 1 aliphatic heterocycles. The minimum Gasteiger partial charge on any atom is -0.361 e. The van der Waals surface area contributed by atoms with Crippen LogP contribution in [-0.2, 0) is 0 Å². The summed E-state index contributed by atoms with van der Waals surface area (Å²) in [5, 5.41) is 0.971. The fourth-order valence-electron chi connectivity index (χ4n) is 2.60. The SMILES string of the molecule is O=C1c2ccccc2C(=O)N1c1ccc2[nH]ccc2c1. The molecule has 96 valence electrons. The average molecular weight is 262 g/mol. The van der Waals surface area contributed by atoms with Crippen LogP contribution in [0.2, 0.25) is 0 Å². The predicted molar refractivity (Wildman–Crippen MR) is 75.9 cm³/mol. The van der Waals surface area contributed by atoms with Gasteiger partial charge in [0.15, 0.2) is 0 Å². The third-order valence-electron chi connectivity index (χ3n) is 3.59. The van der Waals surface area contributed by atoms with Gasteiger partial charge in [0.2, 0.25) is 0 Å². The number of hydrogen-bond acceptors (Lipinski definition) is 2. The third kappa shape index (κ3) is 1.36. The molecule has 1 aliphatic rings. The quantitative estimate of drug-likeness (QED) is 0.685. The average Bonchev–Trinajstić information content (AvgIpc) is 3.03. The highest BCUT2D eigenvalue weighted by Crippen LogP contribution is 2.30. The second-order valence-electron chi connectivity index (χ2n) is 4.74. The van der Waals surface area contributed by atoms with E-state index >= 15 is 0 Å². The molecule has 2 amide bonds. The number of nitrogens with one attached hydrogen (secondary N) is 1. The molecule has 0 aliphatic carbocycles. The molecule has 4 rings (SSSR count). The first-order valence-corrected chi connectivity index (χ1v) is 6.31. The van der Waals surface area contributed by atoms with Crippen LogP contribution in [0.3, 0.4) is 0 Å². The minimum atomic E-state index is -0.263. The molecule has 1 N–H and O–H groups in total. The van der Waals surface area contributed by atoms with Gasteiger partial charge in [-0.25, -0.2) is 4.90 Å². The number of hydrogen-bond donors (Lipinski definition) is 1. The Bertz CT molecular complexity index is 829. The zero-order chi connectivity index (χ0) is 13.7. The Hall–Kier alpha value is -2.88. The summed E-state index contributed by atoms with van der Waals surface area (Å²) in [6, 6.07) is 14.3. The Balaban J connectivity index is 1.87. The van der Waals surface area contributed by atoms with Crippen molar-refractivity contribution in [2.24, 2.45) is 0 Å². The van der Waals surface area contributed by atoms with E-state index < -0.39 is 0 Å². The van der Waals surface area contributed by atoms with E-state index in [1.54, 1.807) is 30.3 Å². The Labute approximate surface area is 114 Å². The molecule has 2 heterocycles. The van der Waals surface area contributed by atoms with Gasteiger partial charge in [-0.2, -0.15) is 0 Å². The molecule has 0 radical (unpaired) electrons. The third-order valence-corrected chi connectivity index (χ3v) is 3.59. The fraction of sp³-hybridized carbons (Fsp3) is 0. The summed E-state index contributed by atoms with van der Waals surface area (Å²) in [5.41, 5.74) is 2.51. The standard InChI is InChI=1S/C16H10N2O2/c19-15-12-3-1-2-4-13(12)16(20)18(15)11-5-6-14-10(9-11)7-8-17-14/h1-9,17H. The molecule has 0 atom stereocenters. The van der Waals surface area contributed by atoms with Crippen LogP contribution in [0, 0.1) is 0 Å². The largest absolute Gasteiger partial charge is 0.361 e. The van der Waals surface area contributed by atoms with Gasteiger partial charge in [0, 0.05) is 17.1 Å². The molecule has 0 fully saturated rings. The van der Waals surface area contributed by atoms with Crippen LogP contribution in [0.1, 0.15) is 20.7 Å². The van der Waals surface area contributed by atoms with Crippen molar-refractivity contribution in [1.82, 2.24) is 4.98 Å². The van der Waals surface area contributed by atoms with Gasteiger partial charge in [-0.15, -0.1) is 0 Å². The smallest absolute Gasteiger partial charge is 0.266 e. The summed E-state index contributed by atoms with van der Waals surface area (Å²) in [7, 11) is 0. The van der Waals surface area contributed by atoms with Crippen molar-refractivity contribution in [3.63, 3.8) is 0 Å². The van der Waals surface area contributed by atoms with E-state index in [4.69, 9.17) is 0 Å². The van der Waals surface area contributed by atoms with Crippen molar-refractivity contribution in [2.75, 3.05) is 4.90 Å². The molecule has 1 aromatic heterocycles. The van der Waals surface area contributed by atoms with Gasteiger partial charge >= 0.3 is 0 Å². The molecule has 20 heavy (non-hydrogen) atoms. The van der Waals surface area contributed by atoms with Crippen LogP contribution < -0.4 is 4.90 Å². The van der Waals surface area contributed by atoms with Crippen molar-refractivity contribution in [2.45, 2.75) is 0 Å². The number of benzene rings is 2. The van der Waals surface area contributed by atoms with E-state index in [9.17, 15) is 9.59 Å². The summed E-state index contributed by atoms with van der Waals surface area (Å²) in [5.74, 6) is -0.527. The first-order valence-electron chi connectivity index (χ1n) is 6.31. The van der Waals surface area contributed by atoms with Crippen molar-refractivity contribution >= 4 is 28.4 Å². The normalized spacial score (nSPS) is 14.1. The Morgan fingerprint density at radius 1 is 0.850 bits per heavy atom. The number of amides is 2. The summed E-state index contributed by atoms with van der Waals surface area (Å²) in [6.45, 7) is 0. The number of imide groups is 1. The lowest BCUT2D eigenvalue weighted by atomic mass is 10.1. The number of aromatic amines is 1. The number of anilines is 1. The maximum Gasteiger partial charge on any atom is 0.266 e. The van der Waals surface area contributed by atoms with Gasteiger partial charge in [-0.3, -0.25) is 9.59 Å². The topological polar surface area (TPSA) is 53.2 Å². The summed E-state index contributed by atoms with van der Waals surface area (Å²) in [6.07, 6.45) is 1.83. The van der Waals surface area contributed by atoms with Crippen LogP contribution in [0.4, 0.5) is 5.69 Å². The summed E-state index contributed by atoms with van der Waals surface area (Å²) >= 11 is 0. The van der Waals surface area contributed by atoms with Crippen LogP contribution in [0.25, 0.3) is 10.9 Å². The van der Waals surface area contributed by atoms with Crippen molar-refractivity contribution < 1.29 is 9.59 Å². The van der Waals surface area contributed by atoms with Crippen LogP contribution >= 0.6 is 0 Å². The lowest BCUT2D eigenvalue weighted by Crippen LogP contribution is -2.29. The maximum absolute atomic E-state index is 12.4. The number of carbonyl (C=O) groups excluding carboxylic acids is 2. The lowest BCUT2D eigenvalue weighted by Gasteiger charge is -2.13. The van der Waals surface area contributed by atoms with Crippen LogP contribution in [0.5, 0.6) is 0 Å². The Morgan fingerprint density at radius 3 is 2.25 bits per heavy atom. The fourth-order valence-corrected chi connectivity index (χ4v) is 2.60. The number of carbonyl (C=O) groups is 2. The molecule has 3 aromatic rings. The Kier molecular flexibility index (Phi) is 2.09. The highest BCUT2D eigenvalue weighted by atomic mass is 16.2. The molecular weight excluding hydrogens is 252 g/mol. The second-order valence-corrected chi connectivity index (χ2v) is 4.74. The lowest BCUT2D eigenvalue weighted by molar-refractivity contribution is 0.0926.